The van der Waals surface area contributed by atoms with E-state index in [2.05, 4.69) is 18.7 Å². The Hall–Kier alpha value is -0.120. The first kappa shape index (κ1) is 10.9. The Labute approximate surface area is 69.9 Å². The van der Waals surface area contributed by atoms with Crippen molar-refractivity contribution in [3.05, 3.63) is 0 Å². The summed E-state index contributed by atoms with van der Waals surface area (Å²) in [6.45, 7) is 4.76. The van der Waals surface area contributed by atoms with E-state index in [0.717, 1.165) is 0 Å². The molecule has 0 unspecified atom stereocenters. The van der Waals surface area contributed by atoms with Crippen LogP contribution in [0.4, 0.5) is 0 Å². The van der Waals surface area contributed by atoms with E-state index in [9.17, 15) is 0 Å². The van der Waals surface area contributed by atoms with Crippen LogP contribution in [0.5, 0.6) is 0 Å². The normalized spacial score (nSPS) is 13.1. The van der Waals surface area contributed by atoms with Crippen molar-refractivity contribution in [1.82, 2.24) is 9.80 Å². The molecule has 0 spiro atoms. The van der Waals surface area contributed by atoms with Gasteiger partial charge in [-0.25, -0.2) is 0 Å². The average Bonchev–Trinajstić information content (AvgIpc) is 1.84. The maximum Gasteiger partial charge on any atom is 0.117 e. The molecular weight excluding hydrogens is 140 g/mol. The highest BCUT2D eigenvalue weighted by Crippen LogP contribution is 2.11. The van der Waals surface area contributed by atoms with E-state index in [0.29, 0.717) is 6.73 Å². The first-order valence-corrected chi connectivity index (χ1v) is 3.82. The van der Waals surface area contributed by atoms with Gasteiger partial charge in [0.1, 0.15) is 12.5 Å². The zero-order valence-corrected chi connectivity index (χ0v) is 8.51. The second-order valence-corrected chi connectivity index (χ2v) is 3.69. The molecule has 0 saturated heterocycles. The van der Waals surface area contributed by atoms with Crippen LogP contribution in [0, 0.1) is 0 Å². The number of hydrogen-bond acceptors (Lipinski definition) is 3. The molecule has 0 aromatic carbocycles. The molecule has 0 N–H and O–H groups in total. The third kappa shape index (κ3) is 4.35. The number of nitrogens with zero attached hydrogens (tertiary/aromatic N) is 2. The van der Waals surface area contributed by atoms with Gasteiger partial charge in [-0.3, -0.25) is 9.80 Å². The second-order valence-electron chi connectivity index (χ2n) is 3.69. The van der Waals surface area contributed by atoms with E-state index < -0.39 is 0 Å². The molecule has 0 aliphatic carbocycles. The fraction of sp³-hybridized carbons (Fsp3) is 1.00. The van der Waals surface area contributed by atoms with Crippen LogP contribution in [0.2, 0.25) is 0 Å². The van der Waals surface area contributed by atoms with Crippen LogP contribution in [-0.4, -0.2) is 50.4 Å². The third-order valence-corrected chi connectivity index (χ3v) is 1.75. The lowest BCUT2D eigenvalue weighted by Crippen LogP contribution is -2.42. The summed E-state index contributed by atoms with van der Waals surface area (Å²) >= 11 is 0. The fourth-order valence-corrected chi connectivity index (χ4v) is 0.416. The van der Waals surface area contributed by atoms with Gasteiger partial charge in [0.15, 0.2) is 0 Å². The Morgan fingerprint density at radius 2 is 1.55 bits per heavy atom. The molecule has 0 rings (SSSR count). The molecule has 0 atom stereocenters. The molecule has 0 aromatic heterocycles. The second kappa shape index (κ2) is 4.04. The molecule has 0 amide bonds. The molecule has 3 heteroatoms. The number of rotatable bonds is 4. The van der Waals surface area contributed by atoms with Gasteiger partial charge in [0, 0.05) is 0 Å². The summed E-state index contributed by atoms with van der Waals surface area (Å²) in [5.74, 6) is 0. The van der Waals surface area contributed by atoms with Crippen molar-refractivity contribution in [2.24, 2.45) is 0 Å². The van der Waals surface area contributed by atoms with E-state index in [4.69, 9.17) is 4.74 Å². The van der Waals surface area contributed by atoms with Crippen molar-refractivity contribution in [1.29, 1.82) is 0 Å². The smallest absolute Gasteiger partial charge is 0.117 e. The minimum atomic E-state index is -0.176. The molecule has 0 aliphatic heterocycles. The van der Waals surface area contributed by atoms with Crippen LogP contribution in [0.15, 0.2) is 0 Å². The largest absolute Gasteiger partial charge is 0.346 e. The van der Waals surface area contributed by atoms with E-state index in [1.165, 1.54) is 0 Å². The molecule has 0 radical (unpaired) electrons. The highest BCUT2D eigenvalue weighted by atomic mass is 16.5. The highest BCUT2D eigenvalue weighted by molar-refractivity contribution is 4.63. The minimum absolute atomic E-state index is 0.176. The molecule has 68 valence electrons. The molecule has 3 nitrogen and oxygen atoms in total. The summed E-state index contributed by atoms with van der Waals surface area (Å²) < 4.78 is 5.60. The lowest BCUT2D eigenvalue weighted by atomic mass is 10.3. The van der Waals surface area contributed by atoms with Gasteiger partial charge in [-0.1, -0.05) is 0 Å². The van der Waals surface area contributed by atoms with Gasteiger partial charge in [-0.15, -0.1) is 0 Å². The van der Waals surface area contributed by atoms with Crippen LogP contribution in [-0.2, 0) is 4.74 Å². The molecule has 0 aromatic rings. The summed E-state index contributed by atoms with van der Waals surface area (Å²) in [5, 5.41) is 0. The van der Waals surface area contributed by atoms with E-state index in [-0.39, 0.29) is 5.72 Å². The molecule has 0 saturated carbocycles. The molecular formula is C8H20N2O. The van der Waals surface area contributed by atoms with Gasteiger partial charge in [0.05, 0.1) is 0 Å². The average molecular weight is 160 g/mol. The Balaban J connectivity index is 3.73. The van der Waals surface area contributed by atoms with Crippen LogP contribution >= 0.6 is 0 Å². The highest BCUT2D eigenvalue weighted by Gasteiger charge is 2.20. The predicted octanol–water partition coefficient (Wildman–Crippen LogP) is 0.820. The van der Waals surface area contributed by atoms with E-state index in [1.807, 2.05) is 33.1 Å². The van der Waals surface area contributed by atoms with Crippen molar-refractivity contribution < 1.29 is 4.74 Å². The fourth-order valence-electron chi connectivity index (χ4n) is 0.416. The molecule has 0 bridgehead atoms. The number of hydrogen-bond donors (Lipinski definition) is 0. The van der Waals surface area contributed by atoms with Gasteiger partial charge in [-0.05, 0) is 42.0 Å². The Morgan fingerprint density at radius 3 is 1.82 bits per heavy atom. The Kier molecular flexibility index (Phi) is 4.00. The van der Waals surface area contributed by atoms with Gasteiger partial charge in [0.2, 0.25) is 0 Å². The van der Waals surface area contributed by atoms with Gasteiger partial charge >= 0.3 is 0 Å². The summed E-state index contributed by atoms with van der Waals surface area (Å²) in [4.78, 5) is 4.06. The van der Waals surface area contributed by atoms with Crippen LogP contribution in [0.25, 0.3) is 0 Å². The predicted molar refractivity (Wildman–Crippen MR) is 47.4 cm³/mol. The Bertz CT molecular complexity index is 111. The quantitative estimate of drug-likeness (QED) is 0.566. The minimum Gasteiger partial charge on any atom is -0.346 e. The maximum absolute atomic E-state index is 5.60. The molecule has 0 heterocycles. The number of ether oxygens (including phenoxy) is 1. The van der Waals surface area contributed by atoms with Crippen molar-refractivity contribution in [2.45, 2.75) is 19.6 Å². The molecule has 0 fully saturated rings. The van der Waals surface area contributed by atoms with Gasteiger partial charge < -0.3 is 4.74 Å². The Morgan fingerprint density at radius 1 is 1.09 bits per heavy atom. The lowest BCUT2D eigenvalue weighted by Gasteiger charge is -2.33. The summed E-state index contributed by atoms with van der Waals surface area (Å²) in [6, 6.07) is 0. The van der Waals surface area contributed by atoms with Crippen LogP contribution in [0.1, 0.15) is 13.8 Å². The zero-order chi connectivity index (χ0) is 9.07. The van der Waals surface area contributed by atoms with Crippen molar-refractivity contribution in [3.63, 3.8) is 0 Å². The summed E-state index contributed by atoms with van der Waals surface area (Å²) in [7, 11) is 8.00. The third-order valence-electron chi connectivity index (χ3n) is 1.75. The van der Waals surface area contributed by atoms with Gasteiger partial charge in [-0.2, -0.15) is 0 Å². The zero-order valence-electron chi connectivity index (χ0n) is 8.51. The topological polar surface area (TPSA) is 15.7 Å². The summed E-state index contributed by atoms with van der Waals surface area (Å²) in [5.41, 5.74) is -0.176. The molecule has 11 heavy (non-hydrogen) atoms. The van der Waals surface area contributed by atoms with Crippen LogP contribution in [0.3, 0.4) is 0 Å². The van der Waals surface area contributed by atoms with Crippen molar-refractivity contribution >= 4 is 0 Å². The van der Waals surface area contributed by atoms with Crippen molar-refractivity contribution in [3.8, 4) is 0 Å². The first-order valence-electron chi connectivity index (χ1n) is 3.82. The van der Waals surface area contributed by atoms with Crippen LogP contribution < -0.4 is 0 Å². The summed E-state index contributed by atoms with van der Waals surface area (Å²) in [6.07, 6.45) is 0. The first-order chi connectivity index (χ1) is 4.86. The standard InChI is InChI=1S/C8H20N2O/c1-8(2,10(5)6)11-7-9(3)4/h7H2,1-6H3. The van der Waals surface area contributed by atoms with Gasteiger partial charge in [0.25, 0.3) is 0 Å². The van der Waals surface area contributed by atoms with Crippen molar-refractivity contribution in [2.75, 3.05) is 34.9 Å². The van der Waals surface area contributed by atoms with E-state index >= 15 is 0 Å². The lowest BCUT2D eigenvalue weighted by molar-refractivity contribution is -0.137. The monoisotopic (exact) mass is 160 g/mol. The SMILES string of the molecule is CN(C)COC(C)(C)N(C)C. The van der Waals surface area contributed by atoms with E-state index in [1.54, 1.807) is 0 Å². The molecule has 0 aliphatic rings. The maximum atomic E-state index is 5.60.